The molecule has 27 heavy (non-hydrogen) atoms. The maximum Gasteiger partial charge on any atom is 0.215 e. The quantitative estimate of drug-likeness (QED) is 0.492. The molecule has 0 bridgehead atoms. The second-order valence-corrected chi connectivity index (χ2v) is 8.37. The Morgan fingerprint density at radius 1 is 1.44 bits per heavy atom. The molecule has 1 aromatic rings. The fourth-order valence-electron chi connectivity index (χ4n) is 3.11. The van der Waals surface area contributed by atoms with Crippen molar-refractivity contribution in [2.45, 2.75) is 26.3 Å². The molecule has 0 aliphatic carbocycles. The fourth-order valence-corrected chi connectivity index (χ4v) is 4.52. The van der Waals surface area contributed by atoms with Crippen LogP contribution in [-0.2, 0) is 10.0 Å². The van der Waals surface area contributed by atoms with E-state index in [2.05, 4.69) is 20.6 Å². The van der Waals surface area contributed by atoms with Crippen molar-refractivity contribution >= 4 is 21.8 Å². The normalized spacial score (nSPS) is 18.2. The van der Waals surface area contributed by atoms with Gasteiger partial charge in [-0.2, -0.15) is 0 Å². The van der Waals surface area contributed by atoms with E-state index < -0.39 is 10.0 Å². The molecule has 1 aliphatic heterocycles. The predicted octanol–water partition coefficient (Wildman–Crippen LogP) is 0.636. The van der Waals surface area contributed by atoms with Crippen LogP contribution in [0.15, 0.2) is 23.3 Å². The van der Waals surface area contributed by atoms with Gasteiger partial charge in [0, 0.05) is 52.0 Å². The molecule has 2 N–H and O–H groups in total. The molecule has 1 unspecified atom stereocenters. The SMILES string of the molecule is CCN(CC)S(=O)(=O)CCNC(=NC)NC1CCN(c2ncccc2F)C1. The molecule has 2 rings (SSSR count). The number of hydrogen-bond donors (Lipinski definition) is 2. The minimum Gasteiger partial charge on any atom is -0.355 e. The van der Waals surface area contributed by atoms with Gasteiger partial charge >= 0.3 is 0 Å². The summed E-state index contributed by atoms with van der Waals surface area (Å²) < 4.78 is 39.8. The summed E-state index contributed by atoms with van der Waals surface area (Å²) >= 11 is 0. The van der Waals surface area contributed by atoms with E-state index in [0.717, 1.165) is 6.42 Å². The van der Waals surface area contributed by atoms with Crippen molar-refractivity contribution in [2.75, 3.05) is 50.4 Å². The lowest BCUT2D eigenvalue weighted by Crippen LogP contribution is -2.46. The van der Waals surface area contributed by atoms with Crippen molar-refractivity contribution in [3.63, 3.8) is 0 Å². The number of hydrogen-bond acceptors (Lipinski definition) is 5. The highest BCUT2D eigenvalue weighted by Crippen LogP contribution is 2.20. The van der Waals surface area contributed by atoms with Crippen LogP contribution in [0.2, 0.25) is 0 Å². The number of sulfonamides is 1. The molecular weight excluding hydrogens is 371 g/mol. The Hall–Kier alpha value is -1.94. The summed E-state index contributed by atoms with van der Waals surface area (Å²) in [4.78, 5) is 10.2. The molecule has 0 aromatic carbocycles. The van der Waals surface area contributed by atoms with Crippen molar-refractivity contribution in [2.24, 2.45) is 4.99 Å². The summed E-state index contributed by atoms with van der Waals surface area (Å²) in [6, 6.07) is 3.06. The van der Waals surface area contributed by atoms with Gasteiger partial charge < -0.3 is 15.5 Å². The Morgan fingerprint density at radius 2 is 2.19 bits per heavy atom. The van der Waals surface area contributed by atoms with Crippen LogP contribution in [0.1, 0.15) is 20.3 Å². The van der Waals surface area contributed by atoms with Crippen LogP contribution in [0.4, 0.5) is 10.2 Å². The Kier molecular flexibility index (Phi) is 7.78. The van der Waals surface area contributed by atoms with E-state index in [-0.39, 0.29) is 24.2 Å². The van der Waals surface area contributed by atoms with Gasteiger partial charge in [-0.3, -0.25) is 4.99 Å². The number of guanidine groups is 1. The molecule has 2 heterocycles. The van der Waals surface area contributed by atoms with Gasteiger partial charge in [-0.1, -0.05) is 13.8 Å². The summed E-state index contributed by atoms with van der Waals surface area (Å²) in [5.41, 5.74) is 0. The van der Waals surface area contributed by atoms with E-state index in [1.165, 1.54) is 10.4 Å². The van der Waals surface area contributed by atoms with Crippen molar-refractivity contribution in [3.8, 4) is 0 Å². The molecular formula is C17H29FN6O2S. The Bertz CT molecular complexity index is 739. The highest BCUT2D eigenvalue weighted by atomic mass is 32.2. The molecule has 10 heteroatoms. The Morgan fingerprint density at radius 3 is 2.81 bits per heavy atom. The Labute approximate surface area is 160 Å². The Balaban J connectivity index is 1.83. The predicted molar refractivity (Wildman–Crippen MR) is 106 cm³/mol. The average molecular weight is 401 g/mol. The summed E-state index contributed by atoms with van der Waals surface area (Å²) in [7, 11) is -1.64. The van der Waals surface area contributed by atoms with Gasteiger partial charge in [-0.05, 0) is 18.6 Å². The van der Waals surface area contributed by atoms with E-state index in [1.807, 2.05) is 18.7 Å². The van der Waals surface area contributed by atoms with E-state index in [1.54, 1.807) is 19.3 Å². The van der Waals surface area contributed by atoms with E-state index in [0.29, 0.717) is 38.0 Å². The van der Waals surface area contributed by atoms with Gasteiger partial charge in [0.15, 0.2) is 17.6 Å². The number of aliphatic imine (C=N–C) groups is 1. The summed E-state index contributed by atoms with van der Waals surface area (Å²) in [5, 5.41) is 6.31. The standard InChI is InChI=1S/C17H29FN6O2S/c1-4-24(5-2)27(25,26)12-10-21-17(19-3)22-14-8-11-23(13-14)16-15(18)7-6-9-20-16/h6-7,9,14H,4-5,8,10-13H2,1-3H3,(H2,19,21,22). The largest absolute Gasteiger partial charge is 0.355 e. The van der Waals surface area contributed by atoms with Crippen molar-refractivity contribution in [3.05, 3.63) is 24.1 Å². The van der Waals surface area contributed by atoms with E-state index >= 15 is 0 Å². The first-order chi connectivity index (χ1) is 12.9. The monoisotopic (exact) mass is 400 g/mol. The van der Waals surface area contributed by atoms with Crippen molar-refractivity contribution in [1.29, 1.82) is 0 Å². The van der Waals surface area contributed by atoms with Gasteiger partial charge in [-0.15, -0.1) is 0 Å². The number of halogens is 1. The van der Waals surface area contributed by atoms with Crippen LogP contribution in [0.5, 0.6) is 0 Å². The van der Waals surface area contributed by atoms with Gasteiger partial charge in [0.2, 0.25) is 10.0 Å². The summed E-state index contributed by atoms with van der Waals surface area (Å²) in [5.74, 6) is 0.570. The first kappa shape index (κ1) is 21.4. The lowest BCUT2D eigenvalue weighted by molar-refractivity contribution is 0.445. The number of pyridine rings is 1. The molecule has 1 saturated heterocycles. The summed E-state index contributed by atoms with van der Waals surface area (Å²) in [6.07, 6.45) is 2.39. The van der Waals surface area contributed by atoms with Crippen LogP contribution in [0.3, 0.4) is 0 Å². The van der Waals surface area contributed by atoms with Crippen LogP contribution < -0.4 is 15.5 Å². The minimum absolute atomic E-state index is 0.00528. The topological polar surface area (TPSA) is 89.9 Å². The zero-order valence-corrected chi connectivity index (χ0v) is 17.0. The molecule has 0 spiro atoms. The number of aromatic nitrogens is 1. The zero-order chi connectivity index (χ0) is 19.9. The third kappa shape index (κ3) is 5.77. The van der Waals surface area contributed by atoms with Gasteiger partial charge in [-0.25, -0.2) is 22.1 Å². The first-order valence-electron chi connectivity index (χ1n) is 9.21. The molecule has 0 radical (unpaired) electrons. The van der Waals surface area contributed by atoms with Crippen molar-refractivity contribution in [1.82, 2.24) is 19.9 Å². The summed E-state index contributed by atoms with van der Waals surface area (Å²) in [6.45, 7) is 6.15. The molecule has 0 saturated carbocycles. The fraction of sp³-hybridized carbons (Fsp3) is 0.647. The number of rotatable bonds is 8. The van der Waals surface area contributed by atoms with Crippen LogP contribution in [-0.4, -0.2) is 75.2 Å². The van der Waals surface area contributed by atoms with Crippen molar-refractivity contribution < 1.29 is 12.8 Å². The first-order valence-corrected chi connectivity index (χ1v) is 10.8. The van der Waals surface area contributed by atoms with Crippen LogP contribution in [0, 0.1) is 5.82 Å². The number of nitrogens with zero attached hydrogens (tertiary/aromatic N) is 4. The molecule has 152 valence electrons. The van der Waals surface area contributed by atoms with E-state index in [4.69, 9.17) is 0 Å². The molecule has 8 nitrogen and oxygen atoms in total. The number of anilines is 1. The molecule has 1 fully saturated rings. The molecule has 1 atom stereocenters. The second kappa shape index (κ2) is 9.84. The van der Waals surface area contributed by atoms with Gasteiger partial charge in [0.1, 0.15) is 0 Å². The maximum absolute atomic E-state index is 13.9. The lowest BCUT2D eigenvalue weighted by atomic mass is 10.3. The minimum atomic E-state index is -3.27. The van der Waals surface area contributed by atoms with Crippen LogP contribution in [0.25, 0.3) is 0 Å². The molecule has 0 amide bonds. The molecule has 1 aromatic heterocycles. The maximum atomic E-state index is 13.9. The van der Waals surface area contributed by atoms with E-state index in [9.17, 15) is 12.8 Å². The smallest absolute Gasteiger partial charge is 0.215 e. The third-order valence-corrected chi connectivity index (χ3v) is 6.57. The highest BCUT2D eigenvalue weighted by molar-refractivity contribution is 7.89. The second-order valence-electron chi connectivity index (χ2n) is 6.28. The lowest BCUT2D eigenvalue weighted by Gasteiger charge is -2.21. The van der Waals surface area contributed by atoms with Gasteiger partial charge in [0.05, 0.1) is 5.75 Å². The highest BCUT2D eigenvalue weighted by Gasteiger charge is 2.26. The van der Waals surface area contributed by atoms with Crippen LogP contribution >= 0.6 is 0 Å². The van der Waals surface area contributed by atoms with Gasteiger partial charge in [0.25, 0.3) is 0 Å². The third-order valence-electron chi connectivity index (χ3n) is 4.54. The zero-order valence-electron chi connectivity index (χ0n) is 16.2. The average Bonchev–Trinajstić information content (AvgIpc) is 3.10. The molecule has 1 aliphatic rings. The number of nitrogens with one attached hydrogen (secondary N) is 2.